The minimum atomic E-state index is -0.525. The third-order valence-corrected chi connectivity index (χ3v) is 3.47. The van der Waals surface area contributed by atoms with Gasteiger partial charge in [-0.25, -0.2) is 0 Å². The van der Waals surface area contributed by atoms with E-state index in [-0.39, 0.29) is 10.4 Å². The minimum absolute atomic E-state index is 0.00912. The van der Waals surface area contributed by atoms with Gasteiger partial charge in [0.2, 0.25) is 5.12 Å². The molecule has 0 bridgehead atoms. The normalized spacial score (nSPS) is 25.4. The Morgan fingerprint density at radius 2 is 2.07 bits per heavy atom. The monoisotopic (exact) mass is 224 g/mol. The van der Waals surface area contributed by atoms with Crippen LogP contribution in [0.25, 0.3) is 0 Å². The predicted octanol–water partition coefficient (Wildman–Crippen LogP) is 1.32. The van der Waals surface area contributed by atoms with E-state index in [0.717, 1.165) is 11.8 Å². The molecule has 0 aromatic heterocycles. The van der Waals surface area contributed by atoms with E-state index in [4.69, 9.17) is 4.74 Å². The lowest BCUT2D eigenvalue weighted by Crippen LogP contribution is -2.21. The first kappa shape index (κ1) is 10.7. The smallest absolute Gasteiger partial charge is 0.219 e. The van der Waals surface area contributed by atoms with Crippen LogP contribution in [0.2, 0.25) is 0 Å². The van der Waals surface area contributed by atoms with E-state index >= 15 is 0 Å². The van der Waals surface area contributed by atoms with Crippen LogP contribution in [0.3, 0.4) is 0 Å². The molecule has 1 aliphatic heterocycles. The fraction of sp³-hybridized carbons (Fsp3) is 0.364. The lowest BCUT2D eigenvalue weighted by molar-refractivity contribution is 0.108. The molecular formula is C11H12O3S. The Kier molecular flexibility index (Phi) is 3.41. The molecule has 1 heterocycles. The number of aliphatic hydroxyl groups excluding tert-OH is 1. The van der Waals surface area contributed by atoms with Crippen molar-refractivity contribution in [3.05, 3.63) is 35.9 Å². The van der Waals surface area contributed by atoms with Crippen LogP contribution in [-0.4, -0.2) is 34.8 Å². The third-order valence-electron chi connectivity index (χ3n) is 2.27. The van der Waals surface area contributed by atoms with Crippen LogP contribution in [-0.2, 0) is 4.74 Å². The van der Waals surface area contributed by atoms with Crippen molar-refractivity contribution in [2.45, 2.75) is 11.4 Å². The van der Waals surface area contributed by atoms with Crippen LogP contribution >= 0.6 is 11.8 Å². The van der Waals surface area contributed by atoms with Crippen LogP contribution in [0.1, 0.15) is 10.4 Å². The maximum Gasteiger partial charge on any atom is 0.219 e. The Balaban J connectivity index is 1.98. The van der Waals surface area contributed by atoms with Gasteiger partial charge in [0.15, 0.2) is 0 Å². The van der Waals surface area contributed by atoms with Crippen LogP contribution in [0.4, 0.5) is 0 Å². The number of thioether (sulfide) groups is 1. The van der Waals surface area contributed by atoms with Crippen molar-refractivity contribution in [3.8, 4) is 0 Å². The zero-order valence-corrected chi connectivity index (χ0v) is 8.94. The standard InChI is InChI=1S/C11H12O3S/c12-9-6-14-7-10(9)15-11(13)8-4-2-1-3-5-8/h1-5,9-10,12H,6-7H2/t9-,10-/m1/s1. The number of hydrogen-bond acceptors (Lipinski definition) is 4. The second kappa shape index (κ2) is 4.79. The molecule has 1 saturated heterocycles. The van der Waals surface area contributed by atoms with Gasteiger partial charge in [0.1, 0.15) is 0 Å². The maximum absolute atomic E-state index is 11.7. The Morgan fingerprint density at radius 3 is 2.67 bits per heavy atom. The van der Waals surface area contributed by atoms with Gasteiger partial charge in [-0.3, -0.25) is 4.79 Å². The molecule has 0 amide bonds. The lowest BCUT2D eigenvalue weighted by atomic mass is 10.2. The molecule has 1 aromatic rings. The summed E-state index contributed by atoms with van der Waals surface area (Å²) in [7, 11) is 0. The molecule has 0 radical (unpaired) electrons. The number of rotatable bonds is 2. The third kappa shape index (κ3) is 2.59. The van der Waals surface area contributed by atoms with Crippen molar-refractivity contribution >= 4 is 16.9 Å². The van der Waals surface area contributed by atoms with E-state index in [2.05, 4.69) is 0 Å². The van der Waals surface area contributed by atoms with Crippen LogP contribution < -0.4 is 0 Å². The van der Waals surface area contributed by atoms with Gasteiger partial charge in [-0.2, -0.15) is 0 Å². The Hall–Kier alpha value is -0.840. The maximum atomic E-state index is 11.7. The van der Waals surface area contributed by atoms with Gasteiger partial charge in [0.25, 0.3) is 0 Å². The summed E-state index contributed by atoms with van der Waals surface area (Å²) < 4.78 is 5.08. The molecule has 0 aliphatic carbocycles. The molecule has 0 unspecified atom stereocenters. The number of benzene rings is 1. The molecule has 2 rings (SSSR count). The molecule has 0 saturated carbocycles. The molecular weight excluding hydrogens is 212 g/mol. The Morgan fingerprint density at radius 1 is 1.33 bits per heavy atom. The number of aliphatic hydroxyl groups is 1. The van der Waals surface area contributed by atoms with Gasteiger partial charge in [-0.15, -0.1) is 0 Å². The van der Waals surface area contributed by atoms with Crippen molar-refractivity contribution in [1.82, 2.24) is 0 Å². The van der Waals surface area contributed by atoms with Crippen LogP contribution in [0.15, 0.2) is 30.3 Å². The summed E-state index contributed by atoms with van der Waals surface area (Å²) in [6.45, 7) is 0.782. The van der Waals surface area contributed by atoms with Gasteiger partial charge >= 0.3 is 0 Å². The molecule has 3 nitrogen and oxygen atoms in total. The zero-order valence-electron chi connectivity index (χ0n) is 8.13. The molecule has 1 aliphatic rings. The summed E-state index contributed by atoms with van der Waals surface area (Å²) in [6.07, 6.45) is -0.525. The molecule has 1 aromatic carbocycles. The summed E-state index contributed by atoms with van der Waals surface area (Å²) in [4.78, 5) is 11.7. The number of ether oxygens (including phenoxy) is 1. The first-order chi connectivity index (χ1) is 7.27. The molecule has 1 fully saturated rings. The molecule has 0 spiro atoms. The number of carbonyl (C=O) groups is 1. The summed E-state index contributed by atoms with van der Waals surface area (Å²) in [5, 5.41) is 9.35. The van der Waals surface area contributed by atoms with Crippen molar-refractivity contribution in [3.63, 3.8) is 0 Å². The highest BCUT2D eigenvalue weighted by Gasteiger charge is 2.29. The number of hydrogen-bond donors (Lipinski definition) is 1. The first-order valence-electron chi connectivity index (χ1n) is 4.79. The van der Waals surface area contributed by atoms with E-state index in [1.54, 1.807) is 12.1 Å². The molecule has 1 N–H and O–H groups in total. The second-order valence-electron chi connectivity index (χ2n) is 3.41. The quantitative estimate of drug-likeness (QED) is 0.823. The highest BCUT2D eigenvalue weighted by atomic mass is 32.2. The zero-order chi connectivity index (χ0) is 10.7. The number of carbonyl (C=O) groups excluding carboxylic acids is 1. The van der Waals surface area contributed by atoms with Crippen molar-refractivity contribution in [2.75, 3.05) is 13.2 Å². The fourth-order valence-corrected chi connectivity index (χ4v) is 2.36. The molecule has 2 atom stereocenters. The van der Waals surface area contributed by atoms with Crippen molar-refractivity contribution in [1.29, 1.82) is 0 Å². The van der Waals surface area contributed by atoms with E-state index in [9.17, 15) is 9.90 Å². The summed E-state index contributed by atoms with van der Waals surface area (Å²) in [5.74, 6) is 0. The molecule has 4 heteroatoms. The van der Waals surface area contributed by atoms with Gasteiger partial charge in [-0.1, -0.05) is 42.1 Å². The molecule has 15 heavy (non-hydrogen) atoms. The highest BCUT2D eigenvalue weighted by Crippen LogP contribution is 2.24. The first-order valence-corrected chi connectivity index (χ1v) is 5.67. The van der Waals surface area contributed by atoms with Crippen LogP contribution in [0, 0.1) is 0 Å². The summed E-state index contributed by atoms with van der Waals surface area (Å²) >= 11 is 1.15. The van der Waals surface area contributed by atoms with Gasteiger partial charge in [-0.05, 0) is 0 Å². The average molecular weight is 224 g/mol. The van der Waals surface area contributed by atoms with Crippen LogP contribution in [0.5, 0.6) is 0 Å². The predicted molar refractivity (Wildman–Crippen MR) is 59.0 cm³/mol. The molecule has 80 valence electrons. The highest BCUT2D eigenvalue weighted by molar-refractivity contribution is 8.14. The van der Waals surface area contributed by atoms with Gasteiger partial charge in [0, 0.05) is 5.56 Å². The average Bonchev–Trinajstić information content (AvgIpc) is 2.66. The van der Waals surface area contributed by atoms with Gasteiger partial charge < -0.3 is 9.84 Å². The Labute approximate surface area is 92.4 Å². The topological polar surface area (TPSA) is 46.5 Å². The summed E-state index contributed by atoms with van der Waals surface area (Å²) in [6, 6.07) is 9.08. The van der Waals surface area contributed by atoms with E-state index in [0.29, 0.717) is 18.8 Å². The minimum Gasteiger partial charge on any atom is -0.389 e. The second-order valence-corrected chi connectivity index (χ2v) is 4.63. The van der Waals surface area contributed by atoms with E-state index in [1.807, 2.05) is 18.2 Å². The largest absolute Gasteiger partial charge is 0.389 e. The van der Waals surface area contributed by atoms with Crippen molar-refractivity contribution in [2.24, 2.45) is 0 Å². The summed E-state index contributed by atoms with van der Waals surface area (Å²) in [5.41, 5.74) is 0.668. The fourth-order valence-electron chi connectivity index (χ4n) is 1.42. The van der Waals surface area contributed by atoms with E-state index < -0.39 is 6.10 Å². The van der Waals surface area contributed by atoms with Gasteiger partial charge in [0.05, 0.1) is 24.6 Å². The van der Waals surface area contributed by atoms with Crippen molar-refractivity contribution < 1.29 is 14.6 Å². The van der Waals surface area contributed by atoms with E-state index in [1.165, 1.54) is 0 Å². The SMILES string of the molecule is O=C(S[C@@H]1COC[C@H]1O)c1ccccc1. The Bertz CT molecular complexity index is 339. The lowest BCUT2D eigenvalue weighted by Gasteiger charge is -2.10.